The van der Waals surface area contributed by atoms with Gasteiger partial charge in [-0.2, -0.15) is 0 Å². The van der Waals surface area contributed by atoms with Crippen molar-refractivity contribution in [3.05, 3.63) is 35.9 Å². The van der Waals surface area contributed by atoms with Gasteiger partial charge in [-0.1, -0.05) is 30.3 Å². The first-order chi connectivity index (χ1) is 10.0. The predicted molar refractivity (Wildman–Crippen MR) is 79.5 cm³/mol. The number of ether oxygens (including phenoxy) is 2. The van der Waals surface area contributed by atoms with Crippen molar-refractivity contribution in [3.63, 3.8) is 0 Å². The lowest BCUT2D eigenvalue weighted by molar-refractivity contribution is -0.144. The van der Waals surface area contributed by atoms with E-state index in [0.29, 0.717) is 13.2 Å². The van der Waals surface area contributed by atoms with Gasteiger partial charge in [0.05, 0.1) is 19.6 Å². The summed E-state index contributed by atoms with van der Waals surface area (Å²) >= 11 is 0. The zero-order valence-electron chi connectivity index (χ0n) is 12.8. The topological polar surface area (TPSA) is 64.6 Å². The Morgan fingerprint density at radius 2 is 1.86 bits per heavy atom. The third-order valence-corrected chi connectivity index (χ3v) is 2.88. The van der Waals surface area contributed by atoms with Crippen molar-refractivity contribution in [2.75, 3.05) is 6.61 Å². The fourth-order valence-corrected chi connectivity index (χ4v) is 1.75. The summed E-state index contributed by atoms with van der Waals surface area (Å²) in [5.41, 5.74) is 1.01. The van der Waals surface area contributed by atoms with E-state index in [9.17, 15) is 9.59 Å². The summed E-state index contributed by atoms with van der Waals surface area (Å²) in [6.07, 6.45) is -0.416. The molecule has 0 unspecified atom stereocenters. The fraction of sp³-hybridized carbons (Fsp3) is 0.500. The van der Waals surface area contributed by atoms with Gasteiger partial charge in [0.1, 0.15) is 6.10 Å². The van der Waals surface area contributed by atoms with E-state index in [1.165, 1.54) is 0 Å². The summed E-state index contributed by atoms with van der Waals surface area (Å²) in [6, 6.07) is 9.37. The first-order valence-electron chi connectivity index (χ1n) is 7.14. The number of hydrogen-bond acceptors (Lipinski definition) is 4. The second-order valence-corrected chi connectivity index (χ2v) is 4.86. The van der Waals surface area contributed by atoms with E-state index < -0.39 is 6.10 Å². The van der Waals surface area contributed by atoms with Crippen LogP contribution in [0.15, 0.2) is 30.3 Å². The van der Waals surface area contributed by atoms with Gasteiger partial charge in [-0.3, -0.25) is 9.59 Å². The van der Waals surface area contributed by atoms with Crippen molar-refractivity contribution >= 4 is 11.9 Å². The molecule has 0 saturated carbocycles. The summed E-state index contributed by atoms with van der Waals surface area (Å²) in [5.74, 6) is -0.550. The number of carbonyl (C=O) groups is 2. The first-order valence-corrected chi connectivity index (χ1v) is 7.14. The lowest BCUT2D eigenvalue weighted by Gasteiger charge is -2.17. The number of nitrogens with one attached hydrogen (secondary N) is 1. The molecule has 0 radical (unpaired) electrons. The van der Waals surface area contributed by atoms with E-state index in [1.54, 1.807) is 20.8 Å². The highest BCUT2D eigenvalue weighted by atomic mass is 16.5. The van der Waals surface area contributed by atoms with Gasteiger partial charge in [0.15, 0.2) is 0 Å². The quantitative estimate of drug-likeness (QED) is 0.745. The molecular formula is C16H23NO4. The van der Waals surface area contributed by atoms with Crippen LogP contribution in [0.3, 0.4) is 0 Å². The molecule has 2 atom stereocenters. The highest BCUT2D eigenvalue weighted by Gasteiger charge is 2.18. The molecule has 1 N–H and O–H groups in total. The van der Waals surface area contributed by atoms with Crippen molar-refractivity contribution in [2.45, 2.75) is 45.9 Å². The normalized spacial score (nSPS) is 13.3. The Kier molecular flexibility index (Phi) is 7.46. The molecular weight excluding hydrogens is 270 g/mol. The molecule has 1 amide bonds. The standard InChI is InChI=1S/C16H23NO4/c1-4-20-15(18)10-12(2)17-16(19)13(3)21-11-14-8-6-5-7-9-14/h5-9,12-13H,4,10-11H2,1-3H3,(H,17,19)/t12-,13-/m0/s1. The summed E-state index contributed by atoms with van der Waals surface area (Å²) < 4.78 is 10.4. The monoisotopic (exact) mass is 293 g/mol. The predicted octanol–water partition coefficient (Wildman–Crippen LogP) is 2.05. The Balaban J connectivity index is 2.32. The molecule has 0 aromatic heterocycles. The molecule has 0 fully saturated rings. The molecule has 0 aliphatic heterocycles. The largest absolute Gasteiger partial charge is 0.466 e. The number of amides is 1. The zero-order chi connectivity index (χ0) is 15.7. The van der Waals surface area contributed by atoms with Crippen molar-refractivity contribution in [2.24, 2.45) is 0 Å². The minimum absolute atomic E-state index is 0.158. The van der Waals surface area contributed by atoms with Crippen LogP contribution in [0.25, 0.3) is 0 Å². The molecule has 1 aromatic carbocycles. The van der Waals surface area contributed by atoms with Gasteiger partial charge >= 0.3 is 5.97 Å². The summed E-state index contributed by atoms with van der Waals surface area (Å²) in [4.78, 5) is 23.2. The number of carbonyl (C=O) groups excluding carboxylic acids is 2. The Bertz CT molecular complexity index is 447. The SMILES string of the molecule is CCOC(=O)C[C@H](C)NC(=O)[C@H](C)OCc1ccccc1. The molecule has 116 valence electrons. The van der Waals surface area contributed by atoms with Crippen LogP contribution in [-0.2, 0) is 25.7 Å². The van der Waals surface area contributed by atoms with Crippen molar-refractivity contribution in [1.29, 1.82) is 0 Å². The Hall–Kier alpha value is -1.88. The second-order valence-electron chi connectivity index (χ2n) is 4.86. The Morgan fingerprint density at radius 1 is 1.19 bits per heavy atom. The van der Waals surface area contributed by atoms with Crippen LogP contribution in [-0.4, -0.2) is 30.6 Å². The van der Waals surface area contributed by atoms with Crippen molar-refractivity contribution < 1.29 is 19.1 Å². The van der Waals surface area contributed by atoms with E-state index in [0.717, 1.165) is 5.56 Å². The third kappa shape index (κ3) is 6.90. The lowest BCUT2D eigenvalue weighted by atomic mass is 10.2. The number of hydrogen-bond donors (Lipinski definition) is 1. The average molecular weight is 293 g/mol. The molecule has 5 heteroatoms. The first kappa shape index (κ1) is 17.2. The van der Waals surface area contributed by atoms with Gasteiger partial charge in [0.2, 0.25) is 5.91 Å². The highest BCUT2D eigenvalue weighted by Crippen LogP contribution is 2.04. The Morgan fingerprint density at radius 3 is 2.48 bits per heavy atom. The van der Waals surface area contributed by atoms with Crippen molar-refractivity contribution in [3.8, 4) is 0 Å². The second kappa shape index (κ2) is 9.13. The van der Waals surface area contributed by atoms with E-state index in [-0.39, 0.29) is 24.3 Å². The summed E-state index contributed by atoms with van der Waals surface area (Å²) in [7, 11) is 0. The van der Waals surface area contributed by atoms with Crippen LogP contribution in [0.2, 0.25) is 0 Å². The smallest absolute Gasteiger partial charge is 0.307 e. The maximum atomic E-state index is 11.9. The van der Waals surface area contributed by atoms with Crippen LogP contribution in [0, 0.1) is 0 Å². The highest BCUT2D eigenvalue weighted by molar-refractivity contribution is 5.81. The minimum atomic E-state index is -0.574. The molecule has 0 heterocycles. The van der Waals surface area contributed by atoms with Crippen LogP contribution in [0.5, 0.6) is 0 Å². The van der Waals surface area contributed by atoms with Gasteiger partial charge in [0.25, 0.3) is 0 Å². The number of esters is 1. The van der Waals surface area contributed by atoms with Crippen LogP contribution < -0.4 is 5.32 Å². The Labute approximate surface area is 125 Å². The van der Waals surface area contributed by atoms with Gasteiger partial charge in [-0.25, -0.2) is 0 Å². The van der Waals surface area contributed by atoms with E-state index in [2.05, 4.69) is 5.32 Å². The van der Waals surface area contributed by atoms with E-state index in [1.807, 2.05) is 30.3 Å². The molecule has 0 spiro atoms. The molecule has 0 saturated heterocycles. The van der Waals surface area contributed by atoms with Crippen LogP contribution in [0.4, 0.5) is 0 Å². The van der Waals surface area contributed by atoms with Gasteiger partial charge in [-0.15, -0.1) is 0 Å². The zero-order valence-corrected chi connectivity index (χ0v) is 12.8. The maximum Gasteiger partial charge on any atom is 0.307 e. The fourth-order valence-electron chi connectivity index (χ4n) is 1.75. The van der Waals surface area contributed by atoms with Gasteiger partial charge < -0.3 is 14.8 Å². The van der Waals surface area contributed by atoms with Gasteiger partial charge in [-0.05, 0) is 26.3 Å². The van der Waals surface area contributed by atoms with E-state index >= 15 is 0 Å². The molecule has 0 bridgehead atoms. The minimum Gasteiger partial charge on any atom is -0.466 e. The van der Waals surface area contributed by atoms with Crippen LogP contribution >= 0.6 is 0 Å². The summed E-state index contributed by atoms with van der Waals surface area (Å²) in [6.45, 7) is 5.92. The van der Waals surface area contributed by atoms with Crippen molar-refractivity contribution in [1.82, 2.24) is 5.32 Å². The number of rotatable bonds is 8. The molecule has 1 aromatic rings. The van der Waals surface area contributed by atoms with Crippen LogP contribution in [0.1, 0.15) is 32.8 Å². The molecule has 21 heavy (non-hydrogen) atoms. The molecule has 5 nitrogen and oxygen atoms in total. The average Bonchev–Trinajstić information content (AvgIpc) is 2.45. The maximum absolute atomic E-state index is 11.9. The molecule has 1 rings (SSSR count). The molecule has 0 aliphatic carbocycles. The summed E-state index contributed by atoms with van der Waals surface area (Å²) in [5, 5.41) is 2.74. The molecule has 0 aliphatic rings. The third-order valence-electron chi connectivity index (χ3n) is 2.88. The lowest BCUT2D eigenvalue weighted by Crippen LogP contribution is -2.41. The van der Waals surface area contributed by atoms with E-state index in [4.69, 9.17) is 9.47 Å². The van der Waals surface area contributed by atoms with Gasteiger partial charge in [0, 0.05) is 6.04 Å². The number of benzene rings is 1.